The van der Waals surface area contributed by atoms with Crippen molar-refractivity contribution in [2.24, 2.45) is 5.92 Å². The summed E-state index contributed by atoms with van der Waals surface area (Å²) in [5, 5.41) is 8.30. The molecular formula is C26H33Br2N5O. The van der Waals surface area contributed by atoms with Crippen molar-refractivity contribution in [1.82, 2.24) is 15.3 Å². The maximum absolute atomic E-state index is 5.56. The maximum Gasteiger partial charge on any atom is 0.225 e. The Kier molecular flexibility index (Phi) is 8.66. The van der Waals surface area contributed by atoms with Crippen molar-refractivity contribution in [3.63, 3.8) is 0 Å². The largest absolute Gasteiger partial charge is 0.495 e. The fourth-order valence-corrected chi connectivity index (χ4v) is 6.22. The van der Waals surface area contributed by atoms with E-state index in [1.54, 1.807) is 7.11 Å². The summed E-state index contributed by atoms with van der Waals surface area (Å²) in [5.74, 6) is 3.36. The molecule has 8 heteroatoms. The van der Waals surface area contributed by atoms with E-state index in [2.05, 4.69) is 65.6 Å². The SMILES string of the molecule is COc1c(Br)cc(Br)cc1CNCC[C@H]1CC[C@@H](Nc2nc(N(C)C)c3ccccc3n2)CC1. The number of nitrogens with one attached hydrogen (secondary N) is 2. The Morgan fingerprint density at radius 2 is 1.82 bits per heavy atom. The number of fused-ring (bicyclic) bond motifs is 1. The highest BCUT2D eigenvalue weighted by atomic mass is 79.9. The van der Waals surface area contributed by atoms with Crippen LogP contribution in [-0.4, -0.2) is 43.8 Å². The lowest BCUT2D eigenvalue weighted by Gasteiger charge is -2.29. The van der Waals surface area contributed by atoms with Gasteiger partial charge in [0, 0.05) is 42.1 Å². The number of halogens is 2. The van der Waals surface area contributed by atoms with E-state index in [0.717, 1.165) is 74.8 Å². The van der Waals surface area contributed by atoms with Crippen LogP contribution in [0.15, 0.2) is 45.3 Å². The average Bonchev–Trinajstić information content (AvgIpc) is 2.82. The molecule has 1 saturated carbocycles. The molecule has 34 heavy (non-hydrogen) atoms. The Bertz CT molecular complexity index is 1120. The molecule has 0 aliphatic heterocycles. The third-order valence-electron chi connectivity index (χ3n) is 6.52. The Balaban J connectivity index is 1.25. The van der Waals surface area contributed by atoms with E-state index in [1.807, 2.05) is 32.3 Å². The van der Waals surface area contributed by atoms with E-state index < -0.39 is 0 Å². The van der Waals surface area contributed by atoms with Gasteiger partial charge in [-0.25, -0.2) is 4.98 Å². The maximum atomic E-state index is 5.56. The molecule has 1 fully saturated rings. The fourth-order valence-electron chi connectivity index (χ4n) is 4.75. The van der Waals surface area contributed by atoms with Gasteiger partial charge < -0.3 is 20.3 Å². The summed E-state index contributed by atoms with van der Waals surface area (Å²) in [4.78, 5) is 11.6. The molecule has 0 amide bonds. The van der Waals surface area contributed by atoms with Gasteiger partial charge in [0.05, 0.1) is 17.1 Å². The number of benzene rings is 2. The van der Waals surface area contributed by atoms with Crippen LogP contribution in [0.4, 0.5) is 11.8 Å². The van der Waals surface area contributed by atoms with Gasteiger partial charge in [-0.15, -0.1) is 0 Å². The molecule has 6 nitrogen and oxygen atoms in total. The molecule has 2 N–H and O–H groups in total. The van der Waals surface area contributed by atoms with Crippen molar-refractivity contribution in [1.29, 1.82) is 0 Å². The minimum absolute atomic E-state index is 0.434. The van der Waals surface area contributed by atoms with Crippen molar-refractivity contribution in [2.75, 3.05) is 38.0 Å². The van der Waals surface area contributed by atoms with Crippen LogP contribution < -0.4 is 20.3 Å². The molecule has 1 heterocycles. The second-order valence-corrected chi connectivity index (χ2v) is 11.0. The number of ether oxygens (including phenoxy) is 1. The van der Waals surface area contributed by atoms with Crippen LogP contribution in [0.2, 0.25) is 0 Å². The van der Waals surface area contributed by atoms with Crippen LogP contribution in [0, 0.1) is 5.92 Å². The minimum Gasteiger partial charge on any atom is -0.495 e. The average molecular weight is 591 g/mol. The number of rotatable bonds is 9. The van der Waals surface area contributed by atoms with Crippen LogP contribution in [-0.2, 0) is 6.54 Å². The van der Waals surface area contributed by atoms with Crippen molar-refractivity contribution in [3.05, 3.63) is 50.9 Å². The van der Waals surface area contributed by atoms with Gasteiger partial charge in [-0.3, -0.25) is 0 Å². The number of nitrogens with zero attached hydrogens (tertiary/aromatic N) is 3. The minimum atomic E-state index is 0.434. The number of para-hydroxylation sites is 1. The van der Waals surface area contributed by atoms with Crippen molar-refractivity contribution < 1.29 is 4.74 Å². The lowest BCUT2D eigenvalue weighted by atomic mass is 9.84. The molecule has 1 aromatic heterocycles. The van der Waals surface area contributed by atoms with Gasteiger partial charge in [0.1, 0.15) is 11.6 Å². The van der Waals surface area contributed by atoms with Gasteiger partial charge in [0.2, 0.25) is 5.95 Å². The predicted octanol–water partition coefficient (Wildman–Crippen LogP) is 6.38. The van der Waals surface area contributed by atoms with Crippen LogP contribution in [0.1, 0.15) is 37.7 Å². The summed E-state index contributed by atoms with van der Waals surface area (Å²) in [6, 6.07) is 12.8. The number of anilines is 2. The van der Waals surface area contributed by atoms with E-state index in [4.69, 9.17) is 14.7 Å². The molecule has 0 radical (unpaired) electrons. The first-order valence-electron chi connectivity index (χ1n) is 11.9. The summed E-state index contributed by atoms with van der Waals surface area (Å²) < 4.78 is 7.58. The van der Waals surface area contributed by atoms with E-state index >= 15 is 0 Å². The zero-order chi connectivity index (χ0) is 24.1. The highest BCUT2D eigenvalue weighted by Gasteiger charge is 2.22. The molecule has 1 aliphatic carbocycles. The van der Waals surface area contributed by atoms with Crippen LogP contribution in [0.5, 0.6) is 5.75 Å². The zero-order valence-electron chi connectivity index (χ0n) is 20.1. The monoisotopic (exact) mass is 589 g/mol. The van der Waals surface area contributed by atoms with Gasteiger partial charge >= 0.3 is 0 Å². The van der Waals surface area contributed by atoms with E-state index in [1.165, 1.54) is 19.3 Å². The first-order valence-corrected chi connectivity index (χ1v) is 13.5. The molecule has 2 aromatic carbocycles. The fraction of sp³-hybridized carbons (Fsp3) is 0.462. The molecule has 0 saturated heterocycles. The number of methoxy groups -OCH3 is 1. The molecule has 3 aromatic rings. The quantitative estimate of drug-likeness (QED) is 0.282. The Morgan fingerprint density at radius 3 is 2.56 bits per heavy atom. The molecule has 182 valence electrons. The number of aromatic nitrogens is 2. The Hall–Kier alpha value is -1.90. The summed E-state index contributed by atoms with van der Waals surface area (Å²) in [6.45, 7) is 1.81. The Labute approximate surface area is 219 Å². The summed E-state index contributed by atoms with van der Waals surface area (Å²) in [5.41, 5.74) is 2.14. The first-order chi connectivity index (χ1) is 16.4. The summed E-state index contributed by atoms with van der Waals surface area (Å²) >= 11 is 7.15. The Morgan fingerprint density at radius 1 is 1.06 bits per heavy atom. The highest BCUT2D eigenvalue weighted by molar-refractivity contribution is 9.11. The smallest absolute Gasteiger partial charge is 0.225 e. The normalized spacial score (nSPS) is 18.1. The molecule has 0 atom stereocenters. The zero-order valence-corrected chi connectivity index (χ0v) is 23.2. The topological polar surface area (TPSA) is 62.3 Å². The molecule has 1 aliphatic rings. The van der Waals surface area contributed by atoms with Crippen molar-refractivity contribution >= 4 is 54.5 Å². The second kappa shape index (κ2) is 11.7. The van der Waals surface area contributed by atoms with Gasteiger partial charge in [-0.05, 0) is 84.8 Å². The van der Waals surface area contributed by atoms with Crippen LogP contribution >= 0.6 is 31.9 Å². The van der Waals surface area contributed by atoms with Crippen molar-refractivity contribution in [3.8, 4) is 5.75 Å². The van der Waals surface area contributed by atoms with E-state index in [-0.39, 0.29) is 0 Å². The lowest BCUT2D eigenvalue weighted by molar-refractivity contribution is 0.316. The van der Waals surface area contributed by atoms with E-state index in [0.29, 0.717) is 6.04 Å². The lowest BCUT2D eigenvalue weighted by Crippen LogP contribution is -2.28. The third kappa shape index (κ3) is 6.20. The van der Waals surface area contributed by atoms with Gasteiger partial charge in [0.15, 0.2) is 0 Å². The molecule has 0 spiro atoms. The third-order valence-corrected chi connectivity index (χ3v) is 7.57. The van der Waals surface area contributed by atoms with Gasteiger partial charge in [-0.2, -0.15) is 4.98 Å². The first kappa shape index (κ1) is 25.2. The molecule has 0 unspecified atom stereocenters. The summed E-state index contributed by atoms with van der Waals surface area (Å²) in [7, 11) is 5.78. The second-order valence-electron chi connectivity index (χ2n) is 9.19. The molecule has 4 rings (SSSR count). The predicted molar refractivity (Wildman–Crippen MR) is 148 cm³/mol. The standard InChI is InChI=1S/C26H33Br2N5O/c1-33(2)25-21-6-4-5-7-23(21)31-26(32-25)30-20-10-8-17(9-11-20)12-13-29-16-18-14-19(27)15-22(28)24(18)34-3/h4-7,14-15,17,20,29H,8-13,16H2,1-3H3,(H,30,31,32)/t17-,20+. The number of hydrogen-bond acceptors (Lipinski definition) is 6. The molecule has 0 bridgehead atoms. The van der Waals surface area contributed by atoms with Gasteiger partial charge in [0.25, 0.3) is 0 Å². The van der Waals surface area contributed by atoms with Crippen molar-refractivity contribution in [2.45, 2.75) is 44.7 Å². The van der Waals surface area contributed by atoms with Crippen LogP contribution in [0.25, 0.3) is 10.9 Å². The van der Waals surface area contributed by atoms with Gasteiger partial charge in [-0.1, -0.05) is 28.1 Å². The highest BCUT2D eigenvalue weighted by Crippen LogP contribution is 2.33. The molecular weight excluding hydrogens is 558 g/mol. The summed E-state index contributed by atoms with van der Waals surface area (Å²) in [6.07, 6.45) is 5.98. The van der Waals surface area contributed by atoms with Crippen LogP contribution in [0.3, 0.4) is 0 Å². The van der Waals surface area contributed by atoms with E-state index in [9.17, 15) is 0 Å². The number of hydrogen-bond donors (Lipinski definition) is 2.